The Kier molecular flexibility index (Phi) is 5.18. The summed E-state index contributed by atoms with van der Waals surface area (Å²) in [5.41, 5.74) is 2.87. The number of hydroxylamine groups is 1. The van der Waals surface area contributed by atoms with E-state index >= 15 is 0 Å². The molecule has 104 valence electrons. The van der Waals surface area contributed by atoms with E-state index in [4.69, 9.17) is 14.3 Å². The third kappa shape index (κ3) is 4.22. The van der Waals surface area contributed by atoms with Gasteiger partial charge < -0.3 is 9.47 Å². The minimum atomic E-state index is -0.274. The molecule has 1 N–H and O–H groups in total. The monoisotopic (exact) mass is 265 g/mol. The molecule has 19 heavy (non-hydrogen) atoms. The van der Waals surface area contributed by atoms with Gasteiger partial charge in [0.25, 0.3) is 5.91 Å². The lowest BCUT2D eigenvalue weighted by molar-refractivity contribution is 0.0364. The van der Waals surface area contributed by atoms with Crippen LogP contribution in [-0.4, -0.2) is 31.8 Å². The van der Waals surface area contributed by atoms with E-state index in [0.29, 0.717) is 24.5 Å². The van der Waals surface area contributed by atoms with E-state index in [1.165, 1.54) is 0 Å². The molecule has 1 heterocycles. The maximum Gasteiger partial charge on any atom is 0.274 e. The van der Waals surface area contributed by atoms with Crippen molar-refractivity contribution >= 4 is 5.91 Å². The lowest BCUT2D eigenvalue weighted by Gasteiger charge is -2.12. The average molecular weight is 265 g/mol. The van der Waals surface area contributed by atoms with Crippen LogP contribution in [0.2, 0.25) is 0 Å². The molecule has 1 atom stereocenters. The first-order valence-corrected chi connectivity index (χ1v) is 6.56. The Morgan fingerprint density at radius 1 is 1.53 bits per heavy atom. The molecule has 0 aromatic heterocycles. The first-order chi connectivity index (χ1) is 9.29. The molecule has 1 amide bonds. The standard InChI is InChI=1S/C14H19NO4/c1-2-19-15-14(16)11-5-3-6-12(9-11)18-10-13-7-4-8-17-13/h3,5-6,9,13H,2,4,7-8,10H2,1H3,(H,15,16). The van der Waals surface area contributed by atoms with E-state index in [9.17, 15) is 4.79 Å². The zero-order chi connectivity index (χ0) is 13.5. The summed E-state index contributed by atoms with van der Waals surface area (Å²) in [5, 5.41) is 0. The van der Waals surface area contributed by atoms with Crippen molar-refractivity contribution in [2.24, 2.45) is 0 Å². The van der Waals surface area contributed by atoms with Crippen molar-refractivity contribution < 1.29 is 19.1 Å². The van der Waals surface area contributed by atoms with Crippen LogP contribution in [-0.2, 0) is 9.57 Å². The highest BCUT2D eigenvalue weighted by Crippen LogP contribution is 2.17. The molecule has 0 saturated carbocycles. The van der Waals surface area contributed by atoms with Crippen LogP contribution in [0.25, 0.3) is 0 Å². The molecule has 1 unspecified atom stereocenters. The second-order valence-corrected chi connectivity index (χ2v) is 4.34. The molecule has 0 radical (unpaired) electrons. The van der Waals surface area contributed by atoms with E-state index in [1.807, 2.05) is 6.07 Å². The molecule has 0 bridgehead atoms. The number of ether oxygens (including phenoxy) is 2. The minimum absolute atomic E-state index is 0.168. The summed E-state index contributed by atoms with van der Waals surface area (Å²) in [6.07, 6.45) is 2.29. The van der Waals surface area contributed by atoms with Crippen molar-refractivity contribution in [3.8, 4) is 5.75 Å². The van der Waals surface area contributed by atoms with Gasteiger partial charge in [-0.25, -0.2) is 5.48 Å². The number of amides is 1. The van der Waals surface area contributed by atoms with Gasteiger partial charge in [-0.3, -0.25) is 9.63 Å². The lowest BCUT2D eigenvalue weighted by Crippen LogP contribution is -2.23. The van der Waals surface area contributed by atoms with Crippen LogP contribution in [0.4, 0.5) is 0 Å². The van der Waals surface area contributed by atoms with Crippen LogP contribution in [0.5, 0.6) is 5.75 Å². The second-order valence-electron chi connectivity index (χ2n) is 4.34. The SMILES string of the molecule is CCONC(=O)c1cccc(OCC2CCCO2)c1. The maximum atomic E-state index is 11.7. The van der Waals surface area contributed by atoms with Crippen LogP contribution < -0.4 is 10.2 Å². The highest BCUT2D eigenvalue weighted by molar-refractivity contribution is 5.93. The predicted octanol–water partition coefficient (Wildman–Crippen LogP) is 1.93. The van der Waals surface area contributed by atoms with E-state index in [0.717, 1.165) is 19.4 Å². The quantitative estimate of drug-likeness (QED) is 0.798. The number of carbonyl (C=O) groups excluding carboxylic acids is 1. The minimum Gasteiger partial charge on any atom is -0.491 e. The largest absolute Gasteiger partial charge is 0.491 e. The predicted molar refractivity (Wildman–Crippen MR) is 70.0 cm³/mol. The molecule has 0 aliphatic carbocycles. The van der Waals surface area contributed by atoms with Crippen LogP contribution in [0.15, 0.2) is 24.3 Å². The lowest BCUT2D eigenvalue weighted by atomic mass is 10.2. The fourth-order valence-corrected chi connectivity index (χ4v) is 1.89. The van der Waals surface area contributed by atoms with Gasteiger partial charge in [0.05, 0.1) is 12.7 Å². The van der Waals surface area contributed by atoms with Gasteiger partial charge in [-0.1, -0.05) is 6.07 Å². The summed E-state index contributed by atoms with van der Waals surface area (Å²) < 4.78 is 11.1. The molecule has 1 aliphatic rings. The van der Waals surface area contributed by atoms with E-state index in [2.05, 4.69) is 5.48 Å². The van der Waals surface area contributed by atoms with E-state index in [1.54, 1.807) is 25.1 Å². The highest BCUT2D eigenvalue weighted by Gasteiger charge is 2.16. The molecule has 5 heteroatoms. The summed E-state index contributed by atoms with van der Waals surface area (Å²) >= 11 is 0. The van der Waals surface area contributed by atoms with Crippen LogP contribution >= 0.6 is 0 Å². The normalized spacial score (nSPS) is 18.3. The van der Waals surface area contributed by atoms with E-state index in [-0.39, 0.29) is 12.0 Å². The Morgan fingerprint density at radius 3 is 3.16 bits per heavy atom. The van der Waals surface area contributed by atoms with Crippen LogP contribution in [0.1, 0.15) is 30.1 Å². The molecule has 1 fully saturated rings. The number of benzene rings is 1. The molecular weight excluding hydrogens is 246 g/mol. The van der Waals surface area contributed by atoms with E-state index < -0.39 is 0 Å². The summed E-state index contributed by atoms with van der Waals surface area (Å²) in [6, 6.07) is 7.02. The summed E-state index contributed by atoms with van der Waals surface area (Å²) in [5.74, 6) is 0.393. The zero-order valence-corrected chi connectivity index (χ0v) is 11.1. The first-order valence-electron chi connectivity index (χ1n) is 6.56. The summed E-state index contributed by atoms with van der Waals surface area (Å²) in [7, 11) is 0. The number of rotatable bonds is 6. The van der Waals surface area contributed by atoms with Gasteiger partial charge in [-0.2, -0.15) is 0 Å². The second kappa shape index (κ2) is 7.11. The van der Waals surface area contributed by atoms with Crippen LogP contribution in [0.3, 0.4) is 0 Å². The molecule has 2 rings (SSSR count). The van der Waals surface area contributed by atoms with Crippen molar-refractivity contribution in [1.82, 2.24) is 5.48 Å². The first kappa shape index (κ1) is 13.8. The van der Waals surface area contributed by atoms with Crippen LogP contribution in [0, 0.1) is 0 Å². The number of hydrogen-bond donors (Lipinski definition) is 1. The Hall–Kier alpha value is -1.59. The highest BCUT2D eigenvalue weighted by atomic mass is 16.6. The molecular formula is C14H19NO4. The van der Waals surface area contributed by atoms with Gasteiger partial charge >= 0.3 is 0 Å². The van der Waals surface area contributed by atoms with Gasteiger partial charge in [0.1, 0.15) is 12.4 Å². The van der Waals surface area contributed by atoms with Gasteiger partial charge in [-0.05, 0) is 38.0 Å². The Balaban J connectivity index is 1.88. The Bertz CT molecular complexity index is 416. The number of carbonyl (C=O) groups is 1. The fourth-order valence-electron chi connectivity index (χ4n) is 1.89. The van der Waals surface area contributed by atoms with Gasteiger partial charge in [0, 0.05) is 12.2 Å². The summed E-state index contributed by atoms with van der Waals surface area (Å²) in [6.45, 7) is 3.57. The van der Waals surface area contributed by atoms with Crippen molar-refractivity contribution in [3.05, 3.63) is 29.8 Å². The van der Waals surface area contributed by atoms with Gasteiger partial charge in [-0.15, -0.1) is 0 Å². The van der Waals surface area contributed by atoms with Crippen molar-refractivity contribution in [2.75, 3.05) is 19.8 Å². The smallest absolute Gasteiger partial charge is 0.274 e. The Morgan fingerprint density at radius 2 is 2.42 bits per heavy atom. The fraction of sp³-hybridized carbons (Fsp3) is 0.500. The average Bonchev–Trinajstić information content (AvgIpc) is 2.96. The molecule has 1 aromatic rings. The molecule has 1 aliphatic heterocycles. The van der Waals surface area contributed by atoms with Gasteiger partial charge in [0.15, 0.2) is 0 Å². The molecule has 1 aromatic carbocycles. The molecule has 1 saturated heterocycles. The van der Waals surface area contributed by atoms with Gasteiger partial charge in [0.2, 0.25) is 0 Å². The van der Waals surface area contributed by atoms with Crippen molar-refractivity contribution in [2.45, 2.75) is 25.9 Å². The van der Waals surface area contributed by atoms with Crippen molar-refractivity contribution in [1.29, 1.82) is 0 Å². The zero-order valence-electron chi connectivity index (χ0n) is 11.1. The topological polar surface area (TPSA) is 56.8 Å². The maximum absolute atomic E-state index is 11.7. The molecule has 0 spiro atoms. The molecule has 5 nitrogen and oxygen atoms in total. The Labute approximate surface area is 112 Å². The summed E-state index contributed by atoms with van der Waals surface area (Å²) in [4.78, 5) is 16.6. The third-order valence-electron chi connectivity index (χ3n) is 2.87. The number of hydrogen-bond acceptors (Lipinski definition) is 4. The number of nitrogens with one attached hydrogen (secondary N) is 1. The third-order valence-corrected chi connectivity index (χ3v) is 2.87. The van der Waals surface area contributed by atoms with Crippen molar-refractivity contribution in [3.63, 3.8) is 0 Å².